The van der Waals surface area contributed by atoms with Crippen molar-refractivity contribution in [3.05, 3.63) is 33.8 Å². The lowest BCUT2D eigenvalue weighted by atomic mass is 10.1. The van der Waals surface area contributed by atoms with E-state index < -0.39 is 0 Å². The third-order valence-corrected chi connectivity index (χ3v) is 3.89. The zero-order valence-corrected chi connectivity index (χ0v) is 14.1. The topological polar surface area (TPSA) is 53.6 Å². The number of amides is 2. The molecule has 1 atom stereocenters. The van der Waals surface area contributed by atoms with Crippen LogP contribution in [0.25, 0.3) is 0 Å². The number of nitrogens with zero attached hydrogens (tertiary/aromatic N) is 1. The predicted octanol–water partition coefficient (Wildman–Crippen LogP) is 2.17. The molecule has 1 aliphatic heterocycles. The smallest absolute Gasteiger partial charge is 0.314 e. The Labute approximate surface area is 140 Å². The minimum atomic E-state index is -0.190. The van der Waals surface area contributed by atoms with Crippen LogP contribution in [0.2, 0.25) is 10.0 Å². The molecule has 1 aliphatic rings. The molecule has 1 fully saturated rings. The lowest BCUT2D eigenvalue weighted by molar-refractivity contribution is -0.0167. The summed E-state index contributed by atoms with van der Waals surface area (Å²) in [6.45, 7) is 3.51. The highest BCUT2D eigenvalue weighted by Crippen LogP contribution is 2.19. The van der Waals surface area contributed by atoms with Gasteiger partial charge in [-0.25, -0.2) is 4.79 Å². The van der Waals surface area contributed by atoms with E-state index in [2.05, 4.69) is 15.5 Å². The van der Waals surface area contributed by atoms with E-state index in [-0.39, 0.29) is 12.1 Å². The van der Waals surface area contributed by atoms with Gasteiger partial charge in [-0.1, -0.05) is 23.2 Å². The fourth-order valence-electron chi connectivity index (χ4n) is 2.33. The van der Waals surface area contributed by atoms with E-state index in [1.54, 1.807) is 6.07 Å². The van der Waals surface area contributed by atoms with E-state index in [1.807, 2.05) is 19.2 Å². The van der Waals surface area contributed by atoms with Crippen molar-refractivity contribution in [2.45, 2.75) is 12.5 Å². The average molecular weight is 346 g/mol. The maximum absolute atomic E-state index is 11.7. The summed E-state index contributed by atoms with van der Waals surface area (Å²) < 4.78 is 5.59. The molecule has 0 aromatic heterocycles. The Hall–Kier alpha value is -1.01. The van der Waals surface area contributed by atoms with Crippen molar-refractivity contribution in [1.82, 2.24) is 15.5 Å². The highest BCUT2D eigenvalue weighted by atomic mass is 35.5. The summed E-state index contributed by atoms with van der Waals surface area (Å²) in [6.07, 6.45) is 0.729. The number of halogens is 2. The highest BCUT2D eigenvalue weighted by Gasteiger charge is 2.17. The largest absolute Gasteiger partial charge is 0.374 e. The van der Waals surface area contributed by atoms with Gasteiger partial charge in [0.05, 0.1) is 12.7 Å². The van der Waals surface area contributed by atoms with Crippen molar-refractivity contribution in [2.75, 3.05) is 39.8 Å². The maximum Gasteiger partial charge on any atom is 0.314 e. The number of nitrogens with one attached hydrogen (secondary N) is 2. The van der Waals surface area contributed by atoms with Crippen LogP contribution in [0, 0.1) is 0 Å². The van der Waals surface area contributed by atoms with Gasteiger partial charge in [-0.05, 0) is 37.2 Å². The Morgan fingerprint density at radius 2 is 2.05 bits per heavy atom. The molecule has 1 saturated heterocycles. The zero-order chi connectivity index (χ0) is 15.9. The number of benzene rings is 1. The van der Waals surface area contributed by atoms with E-state index >= 15 is 0 Å². The van der Waals surface area contributed by atoms with Gasteiger partial charge in [-0.15, -0.1) is 0 Å². The summed E-state index contributed by atoms with van der Waals surface area (Å²) in [4.78, 5) is 13.9. The molecule has 0 aliphatic carbocycles. The first-order valence-electron chi connectivity index (χ1n) is 7.30. The number of morpholine rings is 1. The molecule has 0 radical (unpaired) electrons. The molecule has 0 saturated carbocycles. The van der Waals surface area contributed by atoms with Gasteiger partial charge >= 0.3 is 6.03 Å². The molecule has 0 bridgehead atoms. The number of ether oxygens (including phenoxy) is 1. The van der Waals surface area contributed by atoms with Crippen molar-refractivity contribution in [1.29, 1.82) is 0 Å². The van der Waals surface area contributed by atoms with Crippen LogP contribution >= 0.6 is 23.2 Å². The molecule has 1 aromatic carbocycles. The third-order valence-electron chi connectivity index (χ3n) is 3.45. The number of carbonyl (C=O) groups is 1. The maximum atomic E-state index is 11.7. The van der Waals surface area contributed by atoms with Crippen LogP contribution in [0.1, 0.15) is 5.56 Å². The Balaban J connectivity index is 1.65. The number of hydrogen-bond donors (Lipinski definition) is 2. The molecule has 1 unspecified atom stereocenters. The Kier molecular flexibility index (Phi) is 6.76. The second-order valence-electron chi connectivity index (χ2n) is 5.42. The van der Waals surface area contributed by atoms with Crippen molar-refractivity contribution in [2.24, 2.45) is 0 Å². The van der Waals surface area contributed by atoms with Crippen LogP contribution < -0.4 is 10.6 Å². The van der Waals surface area contributed by atoms with Crippen LogP contribution in [0.15, 0.2) is 18.2 Å². The minimum absolute atomic E-state index is 0.0521. The second kappa shape index (κ2) is 8.58. The SMILES string of the molecule is CN1CCOC(CNC(=O)NCCc2cc(Cl)cc(Cl)c2)C1. The first-order chi connectivity index (χ1) is 10.5. The van der Waals surface area contributed by atoms with Crippen LogP contribution in [-0.4, -0.2) is 56.9 Å². The van der Waals surface area contributed by atoms with E-state index in [0.717, 1.165) is 18.7 Å². The molecule has 2 rings (SSSR count). The highest BCUT2D eigenvalue weighted by molar-refractivity contribution is 6.34. The summed E-state index contributed by atoms with van der Waals surface area (Å²) in [5, 5.41) is 6.85. The molecule has 0 spiro atoms. The number of hydrogen-bond acceptors (Lipinski definition) is 3. The van der Waals surface area contributed by atoms with Crippen molar-refractivity contribution >= 4 is 29.2 Å². The number of carbonyl (C=O) groups excluding carboxylic acids is 1. The molecular formula is C15H21Cl2N3O2. The van der Waals surface area contributed by atoms with Crippen LogP contribution in [-0.2, 0) is 11.2 Å². The standard InChI is InChI=1S/C15H21Cl2N3O2/c1-20-4-5-22-14(10-20)9-19-15(21)18-3-2-11-6-12(16)8-13(17)7-11/h6-8,14H,2-5,9-10H2,1H3,(H2,18,19,21). The lowest BCUT2D eigenvalue weighted by Crippen LogP contribution is -2.48. The molecule has 1 heterocycles. The van der Waals surface area contributed by atoms with Crippen LogP contribution in [0.4, 0.5) is 4.79 Å². The van der Waals surface area contributed by atoms with Gasteiger partial charge in [0.2, 0.25) is 0 Å². The van der Waals surface area contributed by atoms with E-state index in [0.29, 0.717) is 36.2 Å². The third kappa shape index (κ3) is 6.01. The van der Waals surface area contributed by atoms with Crippen molar-refractivity contribution in [3.63, 3.8) is 0 Å². The van der Waals surface area contributed by atoms with Crippen LogP contribution in [0.5, 0.6) is 0 Å². The van der Waals surface area contributed by atoms with Crippen molar-refractivity contribution < 1.29 is 9.53 Å². The van der Waals surface area contributed by atoms with Gasteiger partial charge in [0.25, 0.3) is 0 Å². The van der Waals surface area contributed by atoms with E-state index in [9.17, 15) is 4.79 Å². The van der Waals surface area contributed by atoms with Gasteiger partial charge in [0, 0.05) is 36.2 Å². The first-order valence-corrected chi connectivity index (χ1v) is 8.05. The quantitative estimate of drug-likeness (QED) is 0.859. The number of rotatable bonds is 5. The van der Waals surface area contributed by atoms with Crippen molar-refractivity contribution in [3.8, 4) is 0 Å². The summed E-state index contributed by atoms with van der Waals surface area (Å²) in [5.41, 5.74) is 0.995. The molecule has 22 heavy (non-hydrogen) atoms. The minimum Gasteiger partial charge on any atom is -0.374 e. The van der Waals surface area contributed by atoms with Crippen LogP contribution in [0.3, 0.4) is 0 Å². The van der Waals surface area contributed by atoms with Gasteiger partial charge in [0.1, 0.15) is 0 Å². The summed E-state index contributed by atoms with van der Waals surface area (Å²) >= 11 is 11.9. The van der Waals surface area contributed by atoms with Gasteiger partial charge < -0.3 is 20.3 Å². The molecule has 122 valence electrons. The fourth-order valence-corrected chi connectivity index (χ4v) is 2.91. The molecular weight excluding hydrogens is 325 g/mol. The summed E-state index contributed by atoms with van der Waals surface area (Å²) in [7, 11) is 2.05. The Bertz CT molecular complexity index is 493. The Morgan fingerprint density at radius 3 is 2.73 bits per heavy atom. The monoisotopic (exact) mass is 345 g/mol. The molecule has 5 nitrogen and oxygen atoms in total. The number of urea groups is 1. The first kappa shape index (κ1) is 17.3. The number of likely N-dealkylation sites (N-methyl/N-ethyl adjacent to an activating group) is 1. The van der Waals surface area contributed by atoms with E-state index in [1.165, 1.54) is 0 Å². The average Bonchev–Trinajstić information content (AvgIpc) is 2.44. The predicted molar refractivity (Wildman–Crippen MR) is 88.8 cm³/mol. The summed E-state index contributed by atoms with van der Waals surface area (Å²) in [6, 6.07) is 5.19. The molecule has 2 amide bonds. The molecule has 7 heteroatoms. The van der Waals surface area contributed by atoms with Gasteiger partial charge in [0.15, 0.2) is 0 Å². The summed E-state index contributed by atoms with van der Waals surface area (Å²) in [5.74, 6) is 0. The molecule has 2 N–H and O–H groups in total. The van der Waals surface area contributed by atoms with E-state index in [4.69, 9.17) is 27.9 Å². The Morgan fingerprint density at radius 1 is 1.32 bits per heavy atom. The lowest BCUT2D eigenvalue weighted by Gasteiger charge is -2.30. The van der Waals surface area contributed by atoms with Gasteiger partial charge in [-0.3, -0.25) is 0 Å². The molecule has 1 aromatic rings. The normalized spacial score (nSPS) is 19.0. The zero-order valence-electron chi connectivity index (χ0n) is 12.6. The second-order valence-corrected chi connectivity index (χ2v) is 6.29. The van der Waals surface area contributed by atoms with Gasteiger partial charge in [-0.2, -0.15) is 0 Å². The fraction of sp³-hybridized carbons (Fsp3) is 0.533.